The van der Waals surface area contributed by atoms with E-state index in [-0.39, 0.29) is 0 Å². The standard InChI is InChI=1S/B3F4HO4/c4-2(5)9-1(8)10-3(6,7)11-2/h8H/q-2. The summed E-state index contributed by atoms with van der Waals surface area (Å²) in [7, 11) is -12.9. The Morgan fingerprint density at radius 1 is 1.00 bits per heavy atom. The van der Waals surface area contributed by atoms with Gasteiger partial charge < -0.3 is 36.0 Å². The molecule has 0 saturated carbocycles. The molecule has 11 heavy (non-hydrogen) atoms. The SMILES string of the molecule is OB1O[B-](F)(F)O[B-](F)(F)O1. The fourth-order valence-corrected chi connectivity index (χ4v) is 0.552. The van der Waals surface area contributed by atoms with Gasteiger partial charge in [-0.1, -0.05) is 0 Å². The van der Waals surface area contributed by atoms with Crippen molar-refractivity contribution in [3.8, 4) is 0 Å². The lowest BCUT2D eigenvalue weighted by Crippen LogP contribution is -2.57. The minimum atomic E-state index is -5.13. The van der Waals surface area contributed by atoms with Gasteiger partial charge in [-0.3, -0.25) is 0 Å². The fourth-order valence-electron chi connectivity index (χ4n) is 0.552. The lowest BCUT2D eigenvalue weighted by molar-refractivity contribution is 0.0727. The Hall–Kier alpha value is -0.245. The highest BCUT2D eigenvalue weighted by Crippen LogP contribution is 2.27. The molecule has 0 aromatic rings. The molecule has 1 heterocycles. The van der Waals surface area contributed by atoms with Gasteiger partial charge in [0, 0.05) is 0 Å². The molecule has 1 aliphatic rings. The summed E-state index contributed by atoms with van der Waals surface area (Å²) in [6, 6.07) is 0. The summed E-state index contributed by atoms with van der Waals surface area (Å²) in [4.78, 5) is 0. The van der Waals surface area contributed by atoms with Crippen molar-refractivity contribution in [3.05, 3.63) is 0 Å². The zero-order valence-corrected chi connectivity index (χ0v) is 4.92. The smallest absolute Gasteiger partial charge is 0.554 e. The van der Waals surface area contributed by atoms with Crippen molar-refractivity contribution >= 4 is 21.5 Å². The molecule has 1 aliphatic heterocycles. The third-order valence-corrected chi connectivity index (χ3v) is 0.867. The van der Waals surface area contributed by atoms with E-state index in [1.165, 1.54) is 0 Å². The van der Waals surface area contributed by atoms with E-state index in [2.05, 4.69) is 13.7 Å². The fraction of sp³-hybridized carbons (Fsp3) is 0. The Kier molecular flexibility index (Phi) is 1.91. The van der Waals surface area contributed by atoms with Crippen molar-refractivity contribution in [2.24, 2.45) is 0 Å². The molecule has 0 bridgehead atoms. The normalized spacial score (nSPS) is 28.6. The van der Waals surface area contributed by atoms with Crippen LogP contribution in [-0.2, 0) is 13.7 Å². The van der Waals surface area contributed by atoms with E-state index >= 15 is 0 Å². The van der Waals surface area contributed by atoms with E-state index in [9.17, 15) is 17.3 Å². The predicted octanol–water partition coefficient (Wildman–Crippen LogP) is -0.224. The largest absolute Gasteiger partial charge is 0.663 e. The molecule has 0 aliphatic carbocycles. The number of rotatable bonds is 0. The highest BCUT2D eigenvalue weighted by molar-refractivity contribution is 6.77. The van der Waals surface area contributed by atoms with Gasteiger partial charge in [0.05, 0.1) is 0 Å². The highest BCUT2D eigenvalue weighted by atomic mass is 19.3. The molecule has 64 valence electrons. The molecular formula is HB3F4O4-2. The van der Waals surface area contributed by atoms with Gasteiger partial charge in [0.15, 0.2) is 0 Å². The summed E-state index contributed by atoms with van der Waals surface area (Å²) in [5.74, 6) is 0. The number of hydrogen-bond donors (Lipinski definition) is 1. The molecule has 1 saturated heterocycles. The second-order valence-corrected chi connectivity index (χ2v) is 1.79. The van der Waals surface area contributed by atoms with E-state index in [0.29, 0.717) is 0 Å². The minimum absolute atomic E-state index is 2.64. The average Bonchev–Trinajstić information content (AvgIpc) is 1.49. The topological polar surface area (TPSA) is 47.9 Å². The Morgan fingerprint density at radius 3 is 1.64 bits per heavy atom. The van der Waals surface area contributed by atoms with Crippen molar-refractivity contribution in [2.45, 2.75) is 0 Å². The van der Waals surface area contributed by atoms with E-state index < -0.39 is 21.5 Å². The van der Waals surface area contributed by atoms with Crippen LogP contribution in [0.25, 0.3) is 0 Å². The molecule has 4 nitrogen and oxygen atoms in total. The first-order valence-electron chi connectivity index (χ1n) is 2.55. The second-order valence-electron chi connectivity index (χ2n) is 1.79. The Morgan fingerprint density at radius 2 is 1.36 bits per heavy atom. The summed E-state index contributed by atoms with van der Waals surface area (Å²) >= 11 is 0. The van der Waals surface area contributed by atoms with Crippen LogP contribution in [0.5, 0.6) is 0 Å². The van der Waals surface area contributed by atoms with Crippen LogP contribution in [0.3, 0.4) is 0 Å². The molecule has 0 aromatic heterocycles. The van der Waals surface area contributed by atoms with E-state index in [0.717, 1.165) is 0 Å². The predicted molar refractivity (Wildman–Crippen MR) is 27.2 cm³/mol. The van der Waals surface area contributed by atoms with Crippen molar-refractivity contribution < 1.29 is 36.0 Å². The van der Waals surface area contributed by atoms with Crippen LogP contribution < -0.4 is 0 Å². The average molecular weight is 173 g/mol. The van der Waals surface area contributed by atoms with Crippen LogP contribution in [0.2, 0.25) is 0 Å². The summed E-state index contributed by atoms with van der Waals surface area (Å²) in [6.07, 6.45) is 0. The van der Waals surface area contributed by atoms with Gasteiger partial charge in [-0.15, -0.1) is 0 Å². The van der Waals surface area contributed by atoms with Gasteiger partial charge in [-0.25, -0.2) is 0 Å². The molecule has 11 heteroatoms. The van der Waals surface area contributed by atoms with Gasteiger partial charge in [0.25, 0.3) is 0 Å². The highest BCUT2D eigenvalue weighted by Gasteiger charge is 2.47. The molecule has 0 aromatic carbocycles. The molecule has 1 fully saturated rings. The molecule has 0 unspecified atom stereocenters. The van der Waals surface area contributed by atoms with Crippen LogP contribution in [0.15, 0.2) is 0 Å². The maximum absolute atomic E-state index is 11.9. The summed E-state index contributed by atoms with van der Waals surface area (Å²) in [5.41, 5.74) is 0. The quantitative estimate of drug-likeness (QED) is 0.406. The van der Waals surface area contributed by atoms with E-state index in [1.54, 1.807) is 0 Å². The molecule has 0 atom stereocenters. The summed E-state index contributed by atoms with van der Waals surface area (Å²) < 4.78 is 56.6. The maximum Gasteiger partial charge on any atom is 0.554 e. The van der Waals surface area contributed by atoms with Crippen LogP contribution in [0, 0.1) is 0 Å². The van der Waals surface area contributed by atoms with Gasteiger partial charge in [0.2, 0.25) is 0 Å². The van der Waals surface area contributed by atoms with Crippen molar-refractivity contribution in [2.75, 3.05) is 0 Å². The van der Waals surface area contributed by atoms with Crippen LogP contribution in [-0.4, -0.2) is 26.6 Å². The molecule has 0 amide bonds. The maximum atomic E-state index is 11.9. The molecule has 0 radical (unpaired) electrons. The Balaban J connectivity index is 2.66. The minimum Gasteiger partial charge on any atom is -0.663 e. The Labute approximate surface area is 58.7 Å². The number of halogens is 4. The van der Waals surface area contributed by atoms with Crippen molar-refractivity contribution in [1.82, 2.24) is 0 Å². The van der Waals surface area contributed by atoms with Crippen LogP contribution in [0.1, 0.15) is 0 Å². The van der Waals surface area contributed by atoms with Gasteiger partial charge in [-0.2, -0.15) is 0 Å². The van der Waals surface area contributed by atoms with E-state index in [4.69, 9.17) is 5.02 Å². The van der Waals surface area contributed by atoms with Crippen LogP contribution in [0.4, 0.5) is 17.3 Å². The van der Waals surface area contributed by atoms with E-state index in [1.807, 2.05) is 0 Å². The summed E-state index contributed by atoms with van der Waals surface area (Å²) in [6.45, 7) is 0. The van der Waals surface area contributed by atoms with Gasteiger partial charge in [0.1, 0.15) is 0 Å². The first kappa shape index (κ1) is 8.85. The van der Waals surface area contributed by atoms with Crippen LogP contribution >= 0.6 is 0 Å². The third kappa shape index (κ3) is 2.36. The second kappa shape index (κ2) is 2.37. The zero-order valence-electron chi connectivity index (χ0n) is 4.92. The van der Waals surface area contributed by atoms with Crippen molar-refractivity contribution in [3.63, 3.8) is 0 Å². The number of hydrogen-bond acceptors (Lipinski definition) is 4. The Bertz CT molecular complexity index is 143. The monoisotopic (exact) mass is 174 g/mol. The third-order valence-electron chi connectivity index (χ3n) is 0.867. The van der Waals surface area contributed by atoms with Gasteiger partial charge in [-0.05, 0) is 0 Å². The van der Waals surface area contributed by atoms with Crippen molar-refractivity contribution in [1.29, 1.82) is 0 Å². The molecule has 1 rings (SSSR count). The molecule has 1 N–H and O–H groups in total. The zero-order chi connectivity index (χ0) is 8.70. The van der Waals surface area contributed by atoms with Gasteiger partial charge >= 0.3 is 21.5 Å². The lowest BCUT2D eigenvalue weighted by atomic mass is 9.95. The molecular weight excluding hydrogens is 172 g/mol. The lowest BCUT2D eigenvalue weighted by Gasteiger charge is -2.45. The first-order valence-corrected chi connectivity index (χ1v) is 2.55. The molecule has 0 spiro atoms. The first-order chi connectivity index (χ1) is 4.81. The summed E-state index contributed by atoms with van der Waals surface area (Å²) in [5, 5.41) is 8.13.